The second kappa shape index (κ2) is 7.01. The molecule has 31 heavy (non-hydrogen) atoms. The van der Waals surface area contributed by atoms with Crippen molar-refractivity contribution >= 4 is 40.3 Å². The Balaban J connectivity index is 1.34. The highest BCUT2D eigenvalue weighted by Crippen LogP contribution is 2.29. The van der Waals surface area contributed by atoms with Gasteiger partial charge in [-0.1, -0.05) is 0 Å². The number of rotatable bonds is 3. The lowest BCUT2D eigenvalue weighted by molar-refractivity contribution is -0.136. The predicted octanol–water partition coefficient (Wildman–Crippen LogP) is 0.982. The number of imide groups is 1. The first-order chi connectivity index (χ1) is 14.9. The molecule has 156 valence electrons. The molecule has 0 radical (unpaired) electrons. The Labute approximate surface area is 176 Å². The van der Waals surface area contributed by atoms with Crippen LogP contribution >= 0.6 is 0 Å². The van der Waals surface area contributed by atoms with E-state index in [1.807, 2.05) is 0 Å². The topological polar surface area (TPSA) is 126 Å². The van der Waals surface area contributed by atoms with E-state index in [0.29, 0.717) is 28.8 Å². The van der Waals surface area contributed by atoms with Crippen molar-refractivity contribution in [2.24, 2.45) is 7.05 Å². The summed E-state index contributed by atoms with van der Waals surface area (Å²) < 4.78 is 1.68. The molecule has 5 rings (SSSR count). The van der Waals surface area contributed by atoms with Gasteiger partial charge in [0.1, 0.15) is 17.3 Å². The van der Waals surface area contributed by atoms with Gasteiger partial charge in [-0.2, -0.15) is 5.10 Å². The van der Waals surface area contributed by atoms with Crippen LogP contribution in [-0.4, -0.2) is 49.3 Å². The van der Waals surface area contributed by atoms with Gasteiger partial charge in [-0.15, -0.1) is 0 Å². The summed E-state index contributed by atoms with van der Waals surface area (Å²) in [7, 11) is 1.80. The second-order valence-corrected chi connectivity index (χ2v) is 7.60. The molecule has 2 aliphatic heterocycles. The summed E-state index contributed by atoms with van der Waals surface area (Å²) in [6.07, 6.45) is 2.10. The zero-order valence-corrected chi connectivity index (χ0v) is 16.6. The lowest BCUT2D eigenvalue weighted by Crippen LogP contribution is -2.52. The van der Waals surface area contributed by atoms with Crippen LogP contribution in [-0.2, 0) is 23.2 Å². The van der Waals surface area contributed by atoms with E-state index in [-0.39, 0.29) is 36.4 Å². The van der Waals surface area contributed by atoms with E-state index in [9.17, 15) is 19.2 Å². The number of aromatic nitrogens is 3. The van der Waals surface area contributed by atoms with Crippen LogP contribution in [0.4, 0.5) is 5.69 Å². The highest BCUT2D eigenvalue weighted by Gasteiger charge is 2.39. The zero-order valence-electron chi connectivity index (χ0n) is 16.6. The number of nitrogens with zero attached hydrogens (tertiary/aromatic N) is 4. The first-order valence-electron chi connectivity index (χ1n) is 9.78. The minimum Gasteiger partial charge on any atom is -0.322 e. The van der Waals surface area contributed by atoms with E-state index < -0.39 is 11.9 Å². The molecule has 10 heteroatoms. The van der Waals surface area contributed by atoms with Crippen LogP contribution in [0.25, 0.3) is 11.0 Å². The zero-order chi connectivity index (χ0) is 21.7. The summed E-state index contributed by atoms with van der Waals surface area (Å²) in [4.78, 5) is 54.8. The molecule has 1 unspecified atom stereocenters. The highest BCUT2D eigenvalue weighted by atomic mass is 16.2. The van der Waals surface area contributed by atoms with Crippen LogP contribution in [0.2, 0.25) is 0 Å². The van der Waals surface area contributed by atoms with Crippen LogP contribution in [0.3, 0.4) is 0 Å². The smallest absolute Gasteiger partial charge is 0.274 e. The van der Waals surface area contributed by atoms with Crippen LogP contribution in [0.5, 0.6) is 0 Å². The van der Waals surface area contributed by atoms with Crippen LogP contribution in [0, 0.1) is 0 Å². The second-order valence-electron chi connectivity index (χ2n) is 7.60. The number of hydrogen-bond donors (Lipinski definition) is 2. The number of pyridine rings is 1. The van der Waals surface area contributed by atoms with Gasteiger partial charge in [-0.3, -0.25) is 29.2 Å². The van der Waals surface area contributed by atoms with Crippen LogP contribution < -0.4 is 10.6 Å². The molecule has 0 bridgehead atoms. The summed E-state index contributed by atoms with van der Waals surface area (Å²) in [6, 6.07) is 7.73. The standard InChI is InChI=1S/C21H18N6O4/c1-26-16-5-4-14(24-15(16)9-22-26)19(29)23-12-2-3-13-11(8-12)10-27(21(13)31)17-6-7-18(28)25-20(17)30/h2-5,8-9,17H,6-7,10H2,1H3,(H,23,29)(H,25,28,30). The van der Waals surface area contributed by atoms with E-state index >= 15 is 0 Å². The van der Waals surface area contributed by atoms with Gasteiger partial charge in [0.15, 0.2) is 0 Å². The SMILES string of the molecule is Cn1ncc2nc(C(=O)Nc3ccc4c(c3)CN(C3CCC(=O)NC3=O)C4=O)ccc21. The maximum atomic E-state index is 12.8. The first-order valence-corrected chi connectivity index (χ1v) is 9.78. The average molecular weight is 418 g/mol. The van der Waals surface area contributed by atoms with Gasteiger partial charge in [0.25, 0.3) is 11.8 Å². The Kier molecular flexibility index (Phi) is 4.28. The van der Waals surface area contributed by atoms with Crippen molar-refractivity contribution < 1.29 is 19.2 Å². The number of anilines is 1. The summed E-state index contributed by atoms with van der Waals surface area (Å²) >= 11 is 0. The van der Waals surface area contributed by atoms with Crippen molar-refractivity contribution in [3.05, 3.63) is 53.3 Å². The number of piperidine rings is 1. The lowest BCUT2D eigenvalue weighted by Gasteiger charge is -2.29. The molecule has 1 atom stereocenters. The molecule has 0 saturated carbocycles. The third-order valence-electron chi connectivity index (χ3n) is 5.62. The molecule has 3 aromatic rings. The summed E-state index contributed by atoms with van der Waals surface area (Å²) in [5.41, 5.74) is 3.41. The molecule has 2 aliphatic rings. The number of aryl methyl sites for hydroxylation is 1. The minimum absolute atomic E-state index is 0.201. The fourth-order valence-corrected chi connectivity index (χ4v) is 4.01. The Morgan fingerprint density at radius 1 is 1.19 bits per heavy atom. The molecule has 1 saturated heterocycles. The third-order valence-corrected chi connectivity index (χ3v) is 5.62. The maximum absolute atomic E-state index is 12.8. The molecule has 2 aromatic heterocycles. The molecule has 4 amide bonds. The van der Waals surface area contributed by atoms with Crippen molar-refractivity contribution in [3.8, 4) is 0 Å². The van der Waals surface area contributed by atoms with Gasteiger partial charge in [0.05, 0.1) is 11.7 Å². The van der Waals surface area contributed by atoms with Crippen LogP contribution in [0.1, 0.15) is 39.3 Å². The number of carbonyl (C=O) groups excluding carboxylic acids is 4. The van der Waals surface area contributed by atoms with Gasteiger partial charge in [0.2, 0.25) is 11.8 Å². The molecular formula is C21H18N6O4. The fourth-order valence-electron chi connectivity index (χ4n) is 4.01. The van der Waals surface area contributed by atoms with Gasteiger partial charge < -0.3 is 10.2 Å². The first kappa shape index (κ1) is 18.9. The Morgan fingerprint density at radius 2 is 2.03 bits per heavy atom. The molecule has 1 fully saturated rings. The molecule has 10 nitrogen and oxygen atoms in total. The van der Waals surface area contributed by atoms with Crippen molar-refractivity contribution in [3.63, 3.8) is 0 Å². The van der Waals surface area contributed by atoms with Crippen LogP contribution in [0.15, 0.2) is 36.5 Å². The Bertz CT molecular complexity index is 1280. The van der Waals surface area contributed by atoms with Crippen molar-refractivity contribution in [2.45, 2.75) is 25.4 Å². The maximum Gasteiger partial charge on any atom is 0.274 e. The Hall–Kier alpha value is -4.08. The number of nitrogens with one attached hydrogen (secondary N) is 2. The molecule has 4 heterocycles. The van der Waals surface area contributed by atoms with E-state index in [1.165, 1.54) is 4.90 Å². The van der Waals surface area contributed by atoms with E-state index in [1.54, 1.807) is 48.3 Å². The number of amides is 4. The number of hydrogen-bond acceptors (Lipinski definition) is 6. The molecule has 2 N–H and O–H groups in total. The van der Waals surface area contributed by atoms with Crippen molar-refractivity contribution in [1.82, 2.24) is 25.0 Å². The minimum atomic E-state index is -0.675. The van der Waals surface area contributed by atoms with Gasteiger partial charge in [0, 0.05) is 31.3 Å². The van der Waals surface area contributed by atoms with Crippen molar-refractivity contribution in [1.29, 1.82) is 0 Å². The summed E-state index contributed by atoms with van der Waals surface area (Å²) in [5.74, 6) is -1.42. The summed E-state index contributed by atoms with van der Waals surface area (Å²) in [6.45, 7) is 0.240. The van der Waals surface area contributed by atoms with Gasteiger partial charge in [-0.05, 0) is 42.3 Å². The number of benzene rings is 1. The molecule has 0 aliphatic carbocycles. The quantitative estimate of drug-likeness (QED) is 0.611. The van der Waals surface area contributed by atoms with E-state index in [0.717, 1.165) is 5.52 Å². The van der Waals surface area contributed by atoms with Gasteiger partial charge >= 0.3 is 0 Å². The Morgan fingerprint density at radius 3 is 2.84 bits per heavy atom. The number of fused-ring (bicyclic) bond motifs is 2. The third kappa shape index (κ3) is 3.21. The monoisotopic (exact) mass is 418 g/mol. The largest absolute Gasteiger partial charge is 0.322 e. The fraction of sp³-hybridized carbons (Fsp3) is 0.238. The van der Waals surface area contributed by atoms with Crippen molar-refractivity contribution in [2.75, 3.05) is 5.32 Å². The van der Waals surface area contributed by atoms with E-state index in [4.69, 9.17) is 0 Å². The normalized spacial score (nSPS) is 18.3. The lowest BCUT2D eigenvalue weighted by atomic mass is 10.0. The molecule has 1 aromatic carbocycles. The van der Waals surface area contributed by atoms with Gasteiger partial charge in [-0.25, -0.2) is 4.98 Å². The molecular weight excluding hydrogens is 400 g/mol. The average Bonchev–Trinajstić information content (AvgIpc) is 3.27. The predicted molar refractivity (Wildman–Crippen MR) is 109 cm³/mol. The highest BCUT2D eigenvalue weighted by molar-refractivity contribution is 6.07. The summed E-state index contributed by atoms with van der Waals surface area (Å²) in [5, 5.41) is 9.20. The van der Waals surface area contributed by atoms with E-state index in [2.05, 4.69) is 20.7 Å². The molecule has 0 spiro atoms. The number of carbonyl (C=O) groups is 4.